The third kappa shape index (κ3) is 3.29. The van der Waals surface area contributed by atoms with Gasteiger partial charge >= 0.3 is 0 Å². The van der Waals surface area contributed by atoms with E-state index in [1.807, 2.05) is 26.0 Å². The predicted octanol–water partition coefficient (Wildman–Crippen LogP) is 2.38. The number of anilines is 1. The predicted molar refractivity (Wildman–Crippen MR) is 76.5 cm³/mol. The van der Waals surface area contributed by atoms with Crippen LogP contribution >= 0.6 is 11.3 Å². The van der Waals surface area contributed by atoms with Crippen LogP contribution in [-0.4, -0.2) is 23.2 Å². The highest BCUT2D eigenvalue weighted by Crippen LogP contribution is 2.22. The lowest BCUT2D eigenvalue weighted by Crippen LogP contribution is -2.27. The Kier molecular flexibility index (Phi) is 4.11. The molecule has 0 radical (unpaired) electrons. The second kappa shape index (κ2) is 5.79. The lowest BCUT2D eigenvalue weighted by molar-refractivity contribution is 0.0934. The lowest BCUT2D eigenvalue weighted by Gasteiger charge is -2.11. The summed E-state index contributed by atoms with van der Waals surface area (Å²) >= 11 is 1.68. The minimum atomic E-state index is -0.214. The average molecular weight is 276 g/mol. The maximum absolute atomic E-state index is 12.0. The van der Waals surface area contributed by atoms with Crippen molar-refractivity contribution in [2.45, 2.75) is 19.9 Å². The number of carbonyl (C=O) groups excluding carboxylic acids is 1. The van der Waals surface area contributed by atoms with Crippen molar-refractivity contribution >= 4 is 23.1 Å². The lowest BCUT2D eigenvalue weighted by atomic mass is 10.2. The van der Waals surface area contributed by atoms with Crippen LogP contribution in [0, 0.1) is 6.92 Å². The molecule has 2 rings (SSSR count). The summed E-state index contributed by atoms with van der Waals surface area (Å²) in [5, 5.41) is 13.5. The number of amides is 1. The zero-order valence-corrected chi connectivity index (χ0v) is 11.9. The third-order valence-corrected chi connectivity index (χ3v) is 3.87. The van der Waals surface area contributed by atoms with Crippen molar-refractivity contribution in [3.05, 3.63) is 39.7 Å². The van der Waals surface area contributed by atoms with Crippen LogP contribution in [0.25, 0.3) is 0 Å². The van der Waals surface area contributed by atoms with Gasteiger partial charge in [-0.15, -0.1) is 21.5 Å². The van der Waals surface area contributed by atoms with Gasteiger partial charge in [0.25, 0.3) is 5.91 Å². The highest BCUT2D eigenvalue weighted by Gasteiger charge is 2.14. The fraction of sp³-hybridized carbons (Fsp3) is 0.308. The molecule has 0 spiro atoms. The maximum atomic E-state index is 12.0. The molecule has 0 fully saturated rings. The highest BCUT2D eigenvalue weighted by atomic mass is 32.1. The SMILES string of the molecule is CNc1ccc(C(=O)NC(C)c2ccc(C)s2)nn1. The molecule has 0 aliphatic rings. The zero-order valence-electron chi connectivity index (χ0n) is 11.1. The summed E-state index contributed by atoms with van der Waals surface area (Å²) in [5.74, 6) is 0.423. The first-order valence-electron chi connectivity index (χ1n) is 5.99. The van der Waals surface area contributed by atoms with Crippen molar-refractivity contribution in [1.82, 2.24) is 15.5 Å². The second-order valence-electron chi connectivity index (χ2n) is 4.20. The molecule has 100 valence electrons. The number of aromatic nitrogens is 2. The first-order valence-corrected chi connectivity index (χ1v) is 6.80. The van der Waals surface area contributed by atoms with Crippen LogP contribution in [-0.2, 0) is 0 Å². The molecule has 0 aliphatic heterocycles. The van der Waals surface area contributed by atoms with E-state index >= 15 is 0 Å². The molecule has 2 heterocycles. The summed E-state index contributed by atoms with van der Waals surface area (Å²) in [7, 11) is 1.75. The number of aryl methyl sites for hydroxylation is 1. The Bertz CT molecular complexity index is 564. The van der Waals surface area contributed by atoms with E-state index in [1.54, 1.807) is 30.5 Å². The Balaban J connectivity index is 2.03. The van der Waals surface area contributed by atoms with Gasteiger partial charge < -0.3 is 10.6 Å². The molecule has 1 unspecified atom stereocenters. The number of carbonyl (C=O) groups is 1. The van der Waals surface area contributed by atoms with Gasteiger partial charge in [-0.3, -0.25) is 4.79 Å². The number of thiophene rings is 1. The molecule has 19 heavy (non-hydrogen) atoms. The second-order valence-corrected chi connectivity index (χ2v) is 5.52. The summed E-state index contributed by atoms with van der Waals surface area (Å²) in [4.78, 5) is 14.4. The van der Waals surface area contributed by atoms with Crippen LogP contribution in [0.2, 0.25) is 0 Å². The molecule has 0 saturated carbocycles. The van der Waals surface area contributed by atoms with Gasteiger partial charge in [0.05, 0.1) is 6.04 Å². The van der Waals surface area contributed by atoms with Gasteiger partial charge in [-0.1, -0.05) is 0 Å². The molecule has 0 aliphatic carbocycles. The van der Waals surface area contributed by atoms with Crippen molar-refractivity contribution in [1.29, 1.82) is 0 Å². The summed E-state index contributed by atoms with van der Waals surface area (Å²) in [6.45, 7) is 4.00. The van der Waals surface area contributed by atoms with E-state index in [-0.39, 0.29) is 11.9 Å². The van der Waals surface area contributed by atoms with Gasteiger partial charge in [-0.25, -0.2) is 0 Å². The molecule has 0 saturated heterocycles. The van der Waals surface area contributed by atoms with Crippen molar-refractivity contribution in [2.75, 3.05) is 12.4 Å². The molecule has 5 nitrogen and oxygen atoms in total. The van der Waals surface area contributed by atoms with Crippen LogP contribution in [0.1, 0.15) is 33.2 Å². The normalized spacial score (nSPS) is 11.9. The van der Waals surface area contributed by atoms with E-state index in [0.29, 0.717) is 11.5 Å². The Morgan fingerprint density at radius 1 is 1.26 bits per heavy atom. The largest absolute Gasteiger partial charge is 0.372 e. The van der Waals surface area contributed by atoms with E-state index < -0.39 is 0 Å². The van der Waals surface area contributed by atoms with Gasteiger partial charge in [-0.2, -0.15) is 0 Å². The summed E-state index contributed by atoms with van der Waals surface area (Å²) < 4.78 is 0. The van der Waals surface area contributed by atoms with E-state index in [0.717, 1.165) is 4.88 Å². The van der Waals surface area contributed by atoms with Crippen LogP contribution in [0.15, 0.2) is 24.3 Å². The van der Waals surface area contributed by atoms with E-state index in [9.17, 15) is 4.79 Å². The minimum absolute atomic E-state index is 0.0306. The molecule has 2 aromatic rings. The number of hydrogen-bond acceptors (Lipinski definition) is 5. The van der Waals surface area contributed by atoms with Gasteiger partial charge in [0.1, 0.15) is 5.82 Å². The molecule has 1 atom stereocenters. The molecule has 0 aromatic carbocycles. The molecule has 6 heteroatoms. The molecule has 0 bridgehead atoms. The zero-order chi connectivity index (χ0) is 13.8. The quantitative estimate of drug-likeness (QED) is 0.899. The van der Waals surface area contributed by atoms with Crippen LogP contribution in [0.4, 0.5) is 5.82 Å². The third-order valence-electron chi connectivity index (χ3n) is 2.69. The summed E-state index contributed by atoms with van der Waals surface area (Å²) in [6.07, 6.45) is 0. The van der Waals surface area contributed by atoms with E-state index in [1.165, 1.54) is 4.88 Å². The Morgan fingerprint density at radius 3 is 2.58 bits per heavy atom. The smallest absolute Gasteiger partial charge is 0.272 e. The first kappa shape index (κ1) is 13.5. The molecule has 2 aromatic heterocycles. The van der Waals surface area contributed by atoms with Crippen molar-refractivity contribution in [3.8, 4) is 0 Å². The van der Waals surface area contributed by atoms with E-state index in [4.69, 9.17) is 0 Å². The van der Waals surface area contributed by atoms with Crippen molar-refractivity contribution in [3.63, 3.8) is 0 Å². The van der Waals surface area contributed by atoms with Gasteiger partial charge in [-0.05, 0) is 38.1 Å². The fourth-order valence-corrected chi connectivity index (χ4v) is 2.49. The number of nitrogens with zero attached hydrogens (tertiary/aromatic N) is 2. The summed E-state index contributed by atoms with van der Waals surface area (Å²) in [6, 6.07) is 7.42. The number of rotatable bonds is 4. The van der Waals surface area contributed by atoms with Crippen LogP contribution in [0.5, 0.6) is 0 Å². The molecular weight excluding hydrogens is 260 g/mol. The van der Waals surface area contributed by atoms with Crippen LogP contribution < -0.4 is 10.6 Å². The first-order chi connectivity index (χ1) is 9.10. The van der Waals surface area contributed by atoms with Gasteiger partial charge in [0.15, 0.2) is 5.69 Å². The number of nitrogens with one attached hydrogen (secondary N) is 2. The Morgan fingerprint density at radius 2 is 2.05 bits per heavy atom. The molecule has 1 amide bonds. The molecule has 2 N–H and O–H groups in total. The maximum Gasteiger partial charge on any atom is 0.272 e. The Hall–Kier alpha value is -1.95. The molecular formula is C13H16N4OS. The van der Waals surface area contributed by atoms with Gasteiger partial charge in [0.2, 0.25) is 0 Å². The van der Waals surface area contributed by atoms with Crippen molar-refractivity contribution in [2.24, 2.45) is 0 Å². The average Bonchev–Trinajstić information content (AvgIpc) is 2.85. The monoisotopic (exact) mass is 276 g/mol. The highest BCUT2D eigenvalue weighted by molar-refractivity contribution is 7.12. The summed E-state index contributed by atoms with van der Waals surface area (Å²) in [5.41, 5.74) is 0.319. The minimum Gasteiger partial charge on any atom is -0.372 e. The topological polar surface area (TPSA) is 66.9 Å². The van der Waals surface area contributed by atoms with Gasteiger partial charge in [0, 0.05) is 16.8 Å². The number of hydrogen-bond donors (Lipinski definition) is 2. The fourth-order valence-electron chi connectivity index (χ4n) is 1.61. The van der Waals surface area contributed by atoms with E-state index in [2.05, 4.69) is 20.8 Å². The Labute approximate surface area is 116 Å². The standard InChI is InChI=1S/C13H16N4OS/c1-8-4-6-11(19-8)9(2)15-13(18)10-5-7-12(14-3)17-16-10/h4-7,9H,1-3H3,(H,14,17)(H,15,18). The van der Waals surface area contributed by atoms with Crippen LogP contribution in [0.3, 0.4) is 0 Å². The van der Waals surface area contributed by atoms with Crippen molar-refractivity contribution < 1.29 is 4.79 Å².